The van der Waals surface area contributed by atoms with Gasteiger partial charge >= 0.3 is 6.36 Å². The van der Waals surface area contributed by atoms with Crippen LogP contribution in [0.15, 0.2) is 36.5 Å². The first-order valence-electron chi connectivity index (χ1n) is 12.6. The predicted octanol–water partition coefficient (Wildman–Crippen LogP) is 6.11. The van der Waals surface area contributed by atoms with Crippen LogP contribution in [0, 0.1) is 11.3 Å². The molecule has 1 amide bonds. The minimum atomic E-state index is -4.68. The Morgan fingerprint density at radius 1 is 1.22 bits per heavy atom. The van der Waals surface area contributed by atoms with Crippen LogP contribution in [0.3, 0.4) is 0 Å². The van der Waals surface area contributed by atoms with E-state index in [1.807, 2.05) is 18.5 Å². The van der Waals surface area contributed by atoms with Crippen molar-refractivity contribution >= 4 is 34.2 Å². The Labute approximate surface area is 218 Å². The lowest BCUT2D eigenvalue weighted by Gasteiger charge is -2.52. The lowest BCUT2D eigenvalue weighted by molar-refractivity contribution is -0.274. The first-order chi connectivity index (χ1) is 17.6. The largest absolute Gasteiger partial charge is 0.573 e. The van der Waals surface area contributed by atoms with E-state index in [9.17, 15) is 18.0 Å². The molecular formula is C27H30ClF3N4O2. The molecule has 1 spiro atoms. The summed E-state index contributed by atoms with van der Waals surface area (Å²) in [5.74, 6) is 0.152. The Morgan fingerprint density at radius 3 is 2.51 bits per heavy atom. The van der Waals surface area contributed by atoms with E-state index in [-0.39, 0.29) is 17.1 Å². The van der Waals surface area contributed by atoms with Gasteiger partial charge in [-0.1, -0.05) is 18.5 Å². The Bertz CT molecular complexity index is 1290. The second kappa shape index (κ2) is 9.74. The Morgan fingerprint density at radius 2 is 1.89 bits per heavy atom. The number of benzene rings is 1. The van der Waals surface area contributed by atoms with Gasteiger partial charge in [0.15, 0.2) is 0 Å². The number of anilines is 1. The van der Waals surface area contributed by atoms with Gasteiger partial charge in [0.2, 0.25) is 0 Å². The number of halogens is 4. The Kier molecular flexibility index (Phi) is 6.77. The summed E-state index contributed by atoms with van der Waals surface area (Å²) in [7, 11) is 1.92. The van der Waals surface area contributed by atoms with E-state index < -0.39 is 6.36 Å². The van der Waals surface area contributed by atoms with Crippen LogP contribution in [0.25, 0.3) is 11.0 Å². The summed E-state index contributed by atoms with van der Waals surface area (Å²) in [6, 6.07) is 7.89. The summed E-state index contributed by atoms with van der Waals surface area (Å²) in [4.78, 5) is 19.8. The van der Waals surface area contributed by atoms with Gasteiger partial charge in [0.1, 0.15) is 11.4 Å². The zero-order chi connectivity index (χ0) is 26.4. The lowest BCUT2D eigenvalue weighted by atomic mass is 9.57. The molecule has 0 atom stereocenters. The van der Waals surface area contributed by atoms with Crippen molar-refractivity contribution < 1.29 is 22.7 Å². The van der Waals surface area contributed by atoms with Gasteiger partial charge in [-0.25, -0.2) is 4.98 Å². The van der Waals surface area contributed by atoms with Crippen LogP contribution in [0.2, 0.25) is 5.02 Å². The van der Waals surface area contributed by atoms with Crippen molar-refractivity contribution in [2.45, 2.75) is 45.4 Å². The summed E-state index contributed by atoms with van der Waals surface area (Å²) in [6.45, 7) is 4.39. The molecule has 198 valence electrons. The van der Waals surface area contributed by atoms with Gasteiger partial charge in [0, 0.05) is 49.6 Å². The summed E-state index contributed by atoms with van der Waals surface area (Å²) >= 11 is 6.17. The van der Waals surface area contributed by atoms with Gasteiger partial charge < -0.3 is 19.5 Å². The van der Waals surface area contributed by atoms with Crippen molar-refractivity contribution in [2.24, 2.45) is 18.4 Å². The molecule has 3 heterocycles. The van der Waals surface area contributed by atoms with E-state index in [0.717, 1.165) is 61.2 Å². The highest BCUT2D eigenvalue weighted by Crippen LogP contribution is 2.52. The molecule has 1 saturated carbocycles. The number of aryl methyl sites for hydroxylation is 1. The monoisotopic (exact) mass is 534 g/mol. The molecule has 0 radical (unpaired) electrons. The van der Waals surface area contributed by atoms with Crippen LogP contribution in [0.4, 0.5) is 18.9 Å². The van der Waals surface area contributed by atoms with E-state index in [2.05, 4.69) is 19.9 Å². The van der Waals surface area contributed by atoms with Crippen molar-refractivity contribution in [3.63, 3.8) is 0 Å². The second-order valence-corrected chi connectivity index (χ2v) is 10.7. The minimum absolute atomic E-state index is 0.0831. The number of nitrogens with zero attached hydrogens (tertiary/aromatic N) is 3. The van der Waals surface area contributed by atoms with E-state index in [0.29, 0.717) is 29.5 Å². The zero-order valence-corrected chi connectivity index (χ0v) is 21.6. The Balaban J connectivity index is 1.14. The van der Waals surface area contributed by atoms with Crippen molar-refractivity contribution in [1.82, 2.24) is 14.9 Å². The molecule has 37 heavy (non-hydrogen) atoms. The molecule has 3 aromatic rings. The van der Waals surface area contributed by atoms with Crippen molar-refractivity contribution in [1.29, 1.82) is 0 Å². The number of rotatable bonds is 6. The number of hydrogen-bond donors (Lipinski definition) is 1. The van der Waals surface area contributed by atoms with Crippen LogP contribution in [0.1, 0.15) is 48.7 Å². The molecule has 1 aromatic carbocycles. The van der Waals surface area contributed by atoms with Gasteiger partial charge in [-0.15, -0.1) is 13.2 Å². The van der Waals surface area contributed by atoms with Crippen molar-refractivity contribution in [3.8, 4) is 5.75 Å². The highest BCUT2D eigenvalue weighted by Gasteiger charge is 2.45. The summed E-state index contributed by atoms with van der Waals surface area (Å²) in [5, 5.41) is 4.44. The Hall–Kier alpha value is -2.94. The number of piperidine rings is 1. The molecule has 6 nitrogen and oxygen atoms in total. The highest BCUT2D eigenvalue weighted by atomic mass is 35.5. The fourth-order valence-electron chi connectivity index (χ4n) is 6.14. The molecule has 2 fully saturated rings. The predicted molar refractivity (Wildman–Crippen MR) is 137 cm³/mol. The average molecular weight is 535 g/mol. The molecular weight excluding hydrogens is 505 g/mol. The molecule has 1 N–H and O–H groups in total. The standard InChI is InChI=1S/C27H30ClF3N4O2/c1-3-22-23(21-12-18(28)16-32-24(21)34(22)2)25(36)33-15-17-13-26(14-17)8-10-35(11-9-26)19-4-6-20(7-5-19)37-27(29,30)31/h4-7,12,16-17H,3,8-11,13-15H2,1-2H3,(H,33,36). The van der Waals surface area contributed by atoms with Crippen molar-refractivity contribution in [2.75, 3.05) is 24.5 Å². The summed E-state index contributed by atoms with van der Waals surface area (Å²) in [5.41, 5.74) is 3.55. The van der Waals surface area contributed by atoms with Gasteiger partial charge in [0.05, 0.1) is 10.6 Å². The van der Waals surface area contributed by atoms with Crippen LogP contribution < -0.4 is 15.0 Å². The van der Waals surface area contributed by atoms with Crippen molar-refractivity contribution in [3.05, 3.63) is 52.8 Å². The van der Waals surface area contributed by atoms with Crippen LogP contribution in [-0.2, 0) is 13.5 Å². The van der Waals surface area contributed by atoms with Gasteiger partial charge in [-0.3, -0.25) is 4.79 Å². The molecule has 1 aliphatic heterocycles. The molecule has 1 saturated heterocycles. The SMILES string of the molecule is CCc1c(C(=O)NCC2CC3(CCN(c4ccc(OC(F)(F)F)cc4)CC3)C2)c2cc(Cl)cnc2n1C. The fraction of sp³-hybridized carbons (Fsp3) is 0.481. The molecule has 0 unspecified atom stereocenters. The third-order valence-electron chi connectivity index (χ3n) is 7.93. The number of nitrogens with one attached hydrogen (secondary N) is 1. The van der Waals surface area contributed by atoms with Gasteiger partial charge in [-0.2, -0.15) is 0 Å². The number of ether oxygens (including phenoxy) is 1. The molecule has 0 bridgehead atoms. The first kappa shape index (κ1) is 25.7. The average Bonchev–Trinajstić information content (AvgIpc) is 3.11. The van der Waals surface area contributed by atoms with E-state index >= 15 is 0 Å². The van der Waals surface area contributed by atoms with Crippen LogP contribution in [-0.4, -0.2) is 41.5 Å². The molecule has 2 aromatic heterocycles. The molecule has 10 heteroatoms. The second-order valence-electron chi connectivity index (χ2n) is 10.3. The maximum atomic E-state index is 13.2. The maximum Gasteiger partial charge on any atom is 0.573 e. The van der Waals surface area contributed by atoms with E-state index in [1.165, 1.54) is 12.1 Å². The number of aromatic nitrogens is 2. The number of fused-ring (bicyclic) bond motifs is 1. The normalized spacial score (nSPS) is 17.7. The number of alkyl halides is 3. The number of pyridine rings is 1. The molecule has 5 rings (SSSR count). The lowest BCUT2D eigenvalue weighted by Crippen LogP contribution is -2.49. The summed E-state index contributed by atoms with van der Waals surface area (Å²) < 4.78 is 43.1. The van der Waals surface area contributed by atoms with Gasteiger partial charge in [-0.05, 0) is 73.8 Å². The zero-order valence-electron chi connectivity index (χ0n) is 20.9. The van der Waals surface area contributed by atoms with Gasteiger partial charge in [0.25, 0.3) is 5.91 Å². The minimum Gasteiger partial charge on any atom is -0.406 e. The van der Waals surface area contributed by atoms with Crippen LogP contribution >= 0.6 is 11.6 Å². The topological polar surface area (TPSA) is 59.4 Å². The van der Waals surface area contributed by atoms with Crippen LogP contribution in [0.5, 0.6) is 5.75 Å². The molecule has 1 aliphatic carbocycles. The fourth-order valence-corrected chi connectivity index (χ4v) is 6.30. The number of hydrogen-bond acceptors (Lipinski definition) is 4. The van der Waals surface area contributed by atoms with E-state index in [1.54, 1.807) is 24.4 Å². The number of amides is 1. The first-order valence-corrected chi connectivity index (χ1v) is 13.0. The number of carbonyl (C=O) groups excluding carboxylic acids is 1. The van der Waals surface area contributed by atoms with E-state index in [4.69, 9.17) is 11.6 Å². The third kappa shape index (κ3) is 5.23. The smallest absolute Gasteiger partial charge is 0.406 e. The maximum absolute atomic E-state index is 13.2. The quantitative estimate of drug-likeness (QED) is 0.414. The number of carbonyl (C=O) groups is 1. The molecule has 2 aliphatic rings. The summed E-state index contributed by atoms with van der Waals surface area (Å²) in [6.07, 6.45) is 1.84. The highest BCUT2D eigenvalue weighted by molar-refractivity contribution is 6.31. The third-order valence-corrected chi connectivity index (χ3v) is 8.14.